The van der Waals surface area contributed by atoms with E-state index in [1.54, 1.807) is 48.8 Å². The molecule has 0 amide bonds. The first-order chi connectivity index (χ1) is 7.38. The number of benzene rings is 1. The number of aromatic nitrogens is 1. The monoisotopic (exact) mass is 199 g/mol. The van der Waals surface area contributed by atoms with Crippen molar-refractivity contribution in [1.82, 2.24) is 4.98 Å². The van der Waals surface area contributed by atoms with Crippen LogP contribution in [0.3, 0.4) is 0 Å². The van der Waals surface area contributed by atoms with Crippen molar-refractivity contribution < 1.29 is 9.53 Å². The Kier molecular flexibility index (Phi) is 2.74. The molecule has 0 fully saturated rings. The lowest BCUT2D eigenvalue weighted by molar-refractivity contribution is 0.112. The topological polar surface area (TPSA) is 39.2 Å². The summed E-state index contributed by atoms with van der Waals surface area (Å²) in [5.74, 6) is 1.35. The largest absolute Gasteiger partial charge is 0.457 e. The summed E-state index contributed by atoms with van der Waals surface area (Å²) in [5, 5.41) is 0. The Bertz CT molecular complexity index is 454. The van der Waals surface area contributed by atoms with Gasteiger partial charge in [0.25, 0.3) is 0 Å². The molecular formula is C12H9NO2. The summed E-state index contributed by atoms with van der Waals surface area (Å²) in [6.07, 6.45) is 4.09. The van der Waals surface area contributed by atoms with Crippen LogP contribution in [0.25, 0.3) is 0 Å². The molecule has 0 bridgehead atoms. The average Bonchev–Trinajstić information content (AvgIpc) is 2.31. The van der Waals surface area contributed by atoms with Gasteiger partial charge in [0, 0.05) is 18.0 Å². The normalized spacial score (nSPS) is 9.60. The van der Waals surface area contributed by atoms with E-state index in [-0.39, 0.29) is 0 Å². The maximum atomic E-state index is 10.5. The summed E-state index contributed by atoms with van der Waals surface area (Å²) >= 11 is 0. The first-order valence-corrected chi connectivity index (χ1v) is 4.51. The van der Waals surface area contributed by atoms with Crippen LogP contribution in [-0.4, -0.2) is 11.3 Å². The molecule has 1 heterocycles. The van der Waals surface area contributed by atoms with Gasteiger partial charge in [-0.25, -0.2) is 0 Å². The third-order valence-electron chi connectivity index (χ3n) is 1.88. The highest BCUT2D eigenvalue weighted by Crippen LogP contribution is 2.20. The number of hydrogen-bond donors (Lipinski definition) is 0. The second kappa shape index (κ2) is 4.37. The maximum absolute atomic E-state index is 10.5. The molecule has 0 unspecified atom stereocenters. The molecular weight excluding hydrogens is 190 g/mol. The van der Waals surface area contributed by atoms with Gasteiger partial charge in [-0.1, -0.05) is 12.1 Å². The highest BCUT2D eigenvalue weighted by Gasteiger charge is 1.97. The van der Waals surface area contributed by atoms with Crippen LogP contribution < -0.4 is 4.74 Å². The number of pyridine rings is 1. The van der Waals surface area contributed by atoms with Crippen molar-refractivity contribution in [1.29, 1.82) is 0 Å². The lowest BCUT2D eigenvalue weighted by Crippen LogP contribution is -1.86. The number of carbonyl (C=O) groups is 1. The fraction of sp³-hybridized carbons (Fsp3) is 0. The average molecular weight is 199 g/mol. The predicted molar refractivity (Wildman–Crippen MR) is 56.1 cm³/mol. The van der Waals surface area contributed by atoms with Crippen LogP contribution in [0.15, 0.2) is 48.8 Å². The molecule has 3 heteroatoms. The summed E-state index contributed by atoms with van der Waals surface area (Å²) in [6, 6.07) is 10.5. The third-order valence-corrected chi connectivity index (χ3v) is 1.88. The fourth-order valence-corrected chi connectivity index (χ4v) is 1.19. The molecule has 74 valence electrons. The van der Waals surface area contributed by atoms with Crippen LogP contribution in [0, 0.1) is 0 Å². The fourth-order valence-electron chi connectivity index (χ4n) is 1.19. The van der Waals surface area contributed by atoms with E-state index in [1.807, 2.05) is 0 Å². The number of rotatable bonds is 3. The molecule has 15 heavy (non-hydrogen) atoms. The zero-order valence-electron chi connectivity index (χ0n) is 7.96. The van der Waals surface area contributed by atoms with Gasteiger partial charge in [-0.2, -0.15) is 0 Å². The highest BCUT2D eigenvalue weighted by molar-refractivity contribution is 5.75. The molecule has 1 aromatic carbocycles. The minimum atomic E-state index is 0.599. The Labute approximate surface area is 87.3 Å². The Morgan fingerprint density at radius 3 is 2.60 bits per heavy atom. The van der Waals surface area contributed by atoms with Gasteiger partial charge in [0.1, 0.15) is 17.8 Å². The zero-order chi connectivity index (χ0) is 10.5. The lowest BCUT2D eigenvalue weighted by Gasteiger charge is -2.04. The molecule has 0 radical (unpaired) electrons. The SMILES string of the molecule is O=Cc1cccc(Oc2ccncc2)c1. The molecule has 0 aliphatic carbocycles. The molecule has 0 saturated carbocycles. The molecule has 3 nitrogen and oxygen atoms in total. The van der Waals surface area contributed by atoms with E-state index in [4.69, 9.17) is 4.74 Å². The van der Waals surface area contributed by atoms with E-state index >= 15 is 0 Å². The summed E-state index contributed by atoms with van der Waals surface area (Å²) in [4.78, 5) is 14.4. The first kappa shape index (κ1) is 9.40. The highest BCUT2D eigenvalue weighted by atomic mass is 16.5. The third kappa shape index (κ3) is 2.40. The molecule has 0 spiro atoms. The van der Waals surface area contributed by atoms with Crippen LogP contribution in [0.1, 0.15) is 10.4 Å². The summed E-state index contributed by atoms with van der Waals surface area (Å²) in [7, 11) is 0. The van der Waals surface area contributed by atoms with Crippen molar-refractivity contribution in [3.63, 3.8) is 0 Å². The van der Waals surface area contributed by atoms with Crippen molar-refractivity contribution in [2.45, 2.75) is 0 Å². The van der Waals surface area contributed by atoms with E-state index in [0.717, 1.165) is 6.29 Å². The van der Waals surface area contributed by atoms with E-state index in [0.29, 0.717) is 17.1 Å². The van der Waals surface area contributed by atoms with Gasteiger partial charge in [-0.05, 0) is 24.3 Å². The van der Waals surface area contributed by atoms with Gasteiger partial charge in [-0.3, -0.25) is 9.78 Å². The van der Waals surface area contributed by atoms with Gasteiger partial charge in [0.05, 0.1) is 0 Å². The van der Waals surface area contributed by atoms with Crippen LogP contribution in [0.4, 0.5) is 0 Å². The molecule has 1 aromatic heterocycles. The van der Waals surface area contributed by atoms with Crippen LogP contribution >= 0.6 is 0 Å². The number of carbonyl (C=O) groups excluding carboxylic acids is 1. The minimum absolute atomic E-state index is 0.599. The molecule has 0 aliphatic heterocycles. The molecule has 2 aromatic rings. The number of aldehydes is 1. The van der Waals surface area contributed by atoms with E-state index in [9.17, 15) is 4.79 Å². The Hall–Kier alpha value is -2.16. The van der Waals surface area contributed by atoms with Crippen molar-refractivity contribution >= 4 is 6.29 Å². The molecule has 2 rings (SSSR count). The summed E-state index contributed by atoms with van der Waals surface area (Å²) in [6.45, 7) is 0. The molecule has 0 aliphatic rings. The van der Waals surface area contributed by atoms with Crippen molar-refractivity contribution in [3.05, 3.63) is 54.4 Å². The minimum Gasteiger partial charge on any atom is -0.457 e. The number of ether oxygens (including phenoxy) is 1. The Balaban J connectivity index is 2.21. The Morgan fingerprint density at radius 2 is 1.87 bits per heavy atom. The van der Waals surface area contributed by atoms with Crippen molar-refractivity contribution in [2.75, 3.05) is 0 Å². The molecule has 0 atom stereocenters. The zero-order valence-corrected chi connectivity index (χ0v) is 7.96. The van der Waals surface area contributed by atoms with Crippen molar-refractivity contribution in [2.24, 2.45) is 0 Å². The second-order valence-electron chi connectivity index (χ2n) is 2.98. The van der Waals surface area contributed by atoms with Gasteiger partial charge >= 0.3 is 0 Å². The van der Waals surface area contributed by atoms with E-state index < -0.39 is 0 Å². The van der Waals surface area contributed by atoms with Gasteiger partial charge < -0.3 is 4.74 Å². The Morgan fingerprint density at radius 1 is 1.07 bits per heavy atom. The van der Waals surface area contributed by atoms with Crippen molar-refractivity contribution in [3.8, 4) is 11.5 Å². The standard InChI is InChI=1S/C12H9NO2/c14-9-10-2-1-3-12(8-10)15-11-4-6-13-7-5-11/h1-9H. The van der Waals surface area contributed by atoms with Crippen LogP contribution in [-0.2, 0) is 0 Å². The first-order valence-electron chi connectivity index (χ1n) is 4.51. The smallest absolute Gasteiger partial charge is 0.150 e. The number of hydrogen-bond acceptors (Lipinski definition) is 3. The number of nitrogens with zero attached hydrogens (tertiary/aromatic N) is 1. The van der Waals surface area contributed by atoms with E-state index in [1.165, 1.54) is 0 Å². The summed E-state index contributed by atoms with van der Waals surface area (Å²) in [5.41, 5.74) is 0.599. The maximum Gasteiger partial charge on any atom is 0.150 e. The van der Waals surface area contributed by atoms with Gasteiger partial charge in [0.15, 0.2) is 0 Å². The predicted octanol–water partition coefficient (Wildman–Crippen LogP) is 2.69. The van der Waals surface area contributed by atoms with Gasteiger partial charge in [0.2, 0.25) is 0 Å². The van der Waals surface area contributed by atoms with Gasteiger partial charge in [-0.15, -0.1) is 0 Å². The van der Waals surface area contributed by atoms with Crippen LogP contribution in [0.2, 0.25) is 0 Å². The summed E-state index contributed by atoms with van der Waals surface area (Å²) < 4.78 is 5.52. The molecule has 0 N–H and O–H groups in total. The molecule has 0 saturated heterocycles. The second-order valence-corrected chi connectivity index (χ2v) is 2.98. The lowest BCUT2D eigenvalue weighted by atomic mass is 10.2. The quantitative estimate of drug-likeness (QED) is 0.713. The van der Waals surface area contributed by atoms with E-state index in [2.05, 4.69) is 4.98 Å². The van der Waals surface area contributed by atoms with Crippen LogP contribution in [0.5, 0.6) is 11.5 Å².